The maximum Gasteiger partial charge on any atom is 0.306 e. The van der Waals surface area contributed by atoms with Crippen molar-refractivity contribution in [2.24, 2.45) is 11.8 Å². The SMILES string of the molecule is Cc1ccc(CCC(=O)N2CC(C(C)C(=O)O)C2)cc1Cl. The van der Waals surface area contributed by atoms with E-state index in [0.717, 1.165) is 16.1 Å². The number of aliphatic carboxylic acids is 1. The largest absolute Gasteiger partial charge is 0.481 e. The first kappa shape index (κ1) is 15.8. The molecular formula is C16H20ClNO3. The van der Waals surface area contributed by atoms with Gasteiger partial charge in [-0.2, -0.15) is 0 Å². The number of hydrogen-bond donors (Lipinski definition) is 1. The van der Waals surface area contributed by atoms with Crippen molar-refractivity contribution in [3.63, 3.8) is 0 Å². The Labute approximate surface area is 129 Å². The first-order valence-electron chi connectivity index (χ1n) is 7.14. The van der Waals surface area contributed by atoms with Gasteiger partial charge in [-0.3, -0.25) is 9.59 Å². The monoisotopic (exact) mass is 309 g/mol. The molecule has 1 saturated heterocycles. The Morgan fingerprint density at radius 1 is 1.43 bits per heavy atom. The number of benzene rings is 1. The van der Waals surface area contributed by atoms with Crippen LogP contribution in [0.1, 0.15) is 24.5 Å². The molecule has 1 heterocycles. The number of aryl methyl sites for hydroxylation is 2. The number of likely N-dealkylation sites (tertiary alicyclic amines) is 1. The lowest BCUT2D eigenvalue weighted by molar-refractivity contribution is -0.150. The van der Waals surface area contributed by atoms with E-state index < -0.39 is 5.97 Å². The van der Waals surface area contributed by atoms with Crippen LogP contribution in [0.25, 0.3) is 0 Å². The molecule has 1 unspecified atom stereocenters. The van der Waals surface area contributed by atoms with Crippen LogP contribution in [0.5, 0.6) is 0 Å². The van der Waals surface area contributed by atoms with Gasteiger partial charge in [-0.15, -0.1) is 0 Å². The Kier molecular flexibility index (Phi) is 4.88. The maximum atomic E-state index is 12.0. The Morgan fingerprint density at radius 3 is 2.67 bits per heavy atom. The van der Waals surface area contributed by atoms with E-state index >= 15 is 0 Å². The van der Waals surface area contributed by atoms with Gasteiger partial charge < -0.3 is 10.0 Å². The first-order chi connectivity index (χ1) is 9.88. The number of hydrogen-bond acceptors (Lipinski definition) is 2. The number of carboxylic acids is 1. The highest BCUT2D eigenvalue weighted by molar-refractivity contribution is 6.31. The van der Waals surface area contributed by atoms with E-state index in [1.165, 1.54) is 0 Å². The molecule has 1 aromatic carbocycles. The Balaban J connectivity index is 1.79. The molecular weight excluding hydrogens is 290 g/mol. The normalized spacial score (nSPS) is 16.4. The lowest BCUT2D eigenvalue weighted by atomic mass is 9.87. The van der Waals surface area contributed by atoms with E-state index in [4.69, 9.17) is 16.7 Å². The van der Waals surface area contributed by atoms with Crippen LogP contribution in [0, 0.1) is 18.8 Å². The van der Waals surface area contributed by atoms with Crippen LogP contribution >= 0.6 is 11.6 Å². The number of carbonyl (C=O) groups is 2. The van der Waals surface area contributed by atoms with Gasteiger partial charge in [-0.05, 0) is 30.5 Å². The highest BCUT2D eigenvalue weighted by Crippen LogP contribution is 2.25. The predicted molar refractivity (Wildman–Crippen MR) is 81.4 cm³/mol. The number of carbonyl (C=O) groups excluding carboxylic acids is 1. The maximum absolute atomic E-state index is 12.0. The van der Waals surface area contributed by atoms with Gasteiger partial charge in [0.2, 0.25) is 5.91 Å². The summed E-state index contributed by atoms with van der Waals surface area (Å²) in [7, 11) is 0. The molecule has 1 aliphatic rings. The standard InChI is InChI=1S/C16H20ClNO3/c1-10-3-4-12(7-14(10)17)5-6-15(19)18-8-13(9-18)11(2)16(20)21/h3-4,7,11,13H,5-6,8-9H2,1-2H3,(H,20,21). The molecule has 0 spiro atoms. The minimum Gasteiger partial charge on any atom is -0.481 e. The van der Waals surface area contributed by atoms with Crippen LogP contribution in [0.3, 0.4) is 0 Å². The molecule has 4 nitrogen and oxygen atoms in total. The van der Waals surface area contributed by atoms with Crippen LogP contribution in [0.15, 0.2) is 18.2 Å². The summed E-state index contributed by atoms with van der Waals surface area (Å²) in [6.07, 6.45) is 1.10. The summed E-state index contributed by atoms with van der Waals surface area (Å²) in [6, 6.07) is 5.84. The van der Waals surface area contributed by atoms with E-state index in [0.29, 0.717) is 25.9 Å². The molecule has 0 aliphatic carbocycles. The van der Waals surface area contributed by atoms with E-state index in [9.17, 15) is 9.59 Å². The molecule has 1 amide bonds. The summed E-state index contributed by atoms with van der Waals surface area (Å²) >= 11 is 6.06. The average Bonchev–Trinajstić information content (AvgIpc) is 2.38. The quantitative estimate of drug-likeness (QED) is 0.910. The molecule has 0 radical (unpaired) electrons. The minimum atomic E-state index is -0.790. The fourth-order valence-corrected chi connectivity index (χ4v) is 2.64. The predicted octanol–water partition coefficient (Wildman–Crippen LogP) is 2.76. The molecule has 1 N–H and O–H groups in total. The minimum absolute atomic E-state index is 0.0836. The topological polar surface area (TPSA) is 57.6 Å². The van der Waals surface area contributed by atoms with E-state index in [-0.39, 0.29) is 17.7 Å². The summed E-state index contributed by atoms with van der Waals surface area (Å²) in [6.45, 7) is 4.76. The van der Waals surface area contributed by atoms with Crippen molar-refractivity contribution in [3.05, 3.63) is 34.3 Å². The fraction of sp³-hybridized carbons (Fsp3) is 0.500. The van der Waals surface area contributed by atoms with Crippen LogP contribution in [-0.4, -0.2) is 35.0 Å². The van der Waals surface area contributed by atoms with Gasteiger partial charge in [-0.1, -0.05) is 30.7 Å². The molecule has 5 heteroatoms. The number of carboxylic acid groups (broad SMARTS) is 1. The Bertz CT molecular complexity index is 552. The fourth-order valence-electron chi connectivity index (χ4n) is 2.44. The molecule has 1 atom stereocenters. The van der Waals surface area contributed by atoms with Crippen LogP contribution in [-0.2, 0) is 16.0 Å². The second-order valence-corrected chi connectivity index (χ2v) is 6.18. The summed E-state index contributed by atoms with van der Waals surface area (Å²) in [5.74, 6) is -1.01. The summed E-state index contributed by atoms with van der Waals surface area (Å²) in [4.78, 5) is 24.6. The molecule has 0 bridgehead atoms. The third-order valence-electron chi connectivity index (χ3n) is 4.22. The summed E-state index contributed by atoms with van der Waals surface area (Å²) in [5.41, 5.74) is 2.08. The number of amides is 1. The van der Waals surface area contributed by atoms with Gasteiger partial charge in [0, 0.05) is 30.5 Å². The van der Waals surface area contributed by atoms with E-state index in [2.05, 4.69) is 0 Å². The average molecular weight is 310 g/mol. The summed E-state index contributed by atoms with van der Waals surface area (Å²) in [5, 5.41) is 9.65. The van der Waals surface area contributed by atoms with Crippen molar-refractivity contribution >= 4 is 23.5 Å². The molecule has 114 valence electrons. The molecule has 2 rings (SSSR count). The zero-order chi connectivity index (χ0) is 15.6. The second kappa shape index (κ2) is 6.48. The van der Waals surface area contributed by atoms with E-state index in [1.54, 1.807) is 11.8 Å². The second-order valence-electron chi connectivity index (χ2n) is 5.77. The van der Waals surface area contributed by atoms with Crippen molar-refractivity contribution < 1.29 is 14.7 Å². The Hall–Kier alpha value is -1.55. The van der Waals surface area contributed by atoms with Gasteiger partial charge in [0.25, 0.3) is 0 Å². The number of halogens is 1. The van der Waals surface area contributed by atoms with Crippen molar-refractivity contribution in [2.45, 2.75) is 26.7 Å². The van der Waals surface area contributed by atoms with Gasteiger partial charge in [-0.25, -0.2) is 0 Å². The van der Waals surface area contributed by atoms with Crippen molar-refractivity contribution in [2.75, 3.05) is 13.1 Å². The number of rotatable bonds is 5. The summed E-state index contributed by atoms with van der Waals surface area (Å²) < 4.78 is 0. The zero-order valence-corrected chi connectivity index (χ0v) is 13.1. The van der Waals surface area contributed by atoms with Crippen molar-refractivity contribution in [3.8, 4) is 0 Å². The van der Waals surface area contributed by atoms with Crippen molar-refractivity contribution in [1.82, 2.24) is 4.90 Å². The van der Waals surface area contributed by atoms with Crippen molar-refractivity contribution in [1.29, 1.82) is 0 Å². The van der Waals surface area contributed by atoms with Gasteiger partial charge >= 0.3 is 5.97 Å². The van der Waals surface area contributed by atoms with Crippen LogP contribution in [0.4, 0.5) is 0 Å². The van der Waals surface area contributed by atoms with Gasteiger partial charge in [0.15, 0.2) is 0 Å². The highest BCUT2D eigenvalue weighted by atomic mass is 35.5. The zero-order valence-electron chi connectivity index (χ0n) is 12.3. The lowest BCUT2D eigenvalue weighted by Crippen LogP contribution is -2.53. The van der Waals surface area contributed by atoms with Gasteiger partial charge in [0.1, 0.15) is 0 Å². The molecule has 21 heavy (non-hydrogen) atoms. The molecule has 1 aromatic rings. The molecule has 1 fully saturated rings. The lowest BCUT2D eigenvalue weighted by Gasteiger charge is -2.41. The number of nitrogens with zero attached hydrogens (tertiary/aromatic N) is 1. The molecule has 0 aromatic heterocycles. The van der Waals surface area contributed by atoms with E-state index in [1.807, 2.05) is 25.1 Å². The first-order valence-corrected chi connectivity index (χ1v) is 7.52. The molecule has 0 saturated carbocycles. The molecule has 1 aliphatic heterocycles. The highest BCUT2D eigenvalue weighted by Gasteiger charge is 2.36. The van der Waals surface area contributed by atoms with Crippen LogP contribution in [0.2, 0.25) is 5.02 Å². The Morgan fingerprint density at radius 2 is 2.10 bits per heavy atom. The van der Waals surface area contributed by atoms with Crippen LogP contribution < -0.4 is 0 Å². The smallest absolute Gasteiger partial charge is 0.306 e. The third-order valence-corrected chi connectivity index (χ3v) is 4.63. The van der Waals surface area contributed by atoms with Gasteiger partial charge in [0.05, 0.1) is 5.92 Å². The third kappa shape index (κ3) is 3.76.